The highest BCUT2D eigenvalue weighted by Gasteiger charge is 2.33. The molecule has 1 unspecified atom stereocenters. The molecule has 3 rings (SSSR count). The molecule has 1 N–H and O–H groups in total. The van der Waals surface area contributed by atoms with Crippen LogP contribution in [0.4, 0.5) is 8.78 Å². The van der Waals surface area contributed by atoms with Gasteiger partial charge >= 0.3 is 0 Å². The average molecular weight is 378 g/mol. The second-order valence-corrected chi connectivity index (χ2v) is 7.08. The summed E-state index contributed by atoms with van der Waals surface area (Å²) in [6.07, 6.45) is 3.74. The summed E-state index contributed by atoms with van der Waals surface area (Å²) in [6, 6.07) is 3.78. The van der Waals surface area contributed by atoms with Crippen LogP contribution in [0.25, 0.3) is 0 Å². The fourth-order valence-corrected chi connectivity index (χ4v) is 3.77. The molecule has 1 heterocycles. The molecule has 0 radical (unpaired) electrons. The van der Waals surface area contributed by atoms with Gasteiger partial charge in [-0.15, -0.1) is 0 Å². The Morgan fingerprint density at radius 1 is 1.19 bits per heavy atom. The topological polar surface area (TPSA) is 58.6 Å². The van der Waals surface area contributed by atoms with E-state index in [0.29, 0.717) is 38.1 Å². The number of amides is 2. The van der Waals surface area contributed by atoms with Crippen LogP contribution in [-0.4, -0.2) is 42.5 Å². The quantitative estimate of drug-likeness (QED) is 0.820. The average Bonchev–Trinajstić information content (AvgIpc) is 2.70. The highest BCUT2D eigenvalue weighted by atomic mass is 19.2. The molecule has 2 aliphatic rings. The van der Waals surface area contributed by atoms with Gasteiger partial charge in [-0.1, -0.05) is 12.6 Å². The summed E-state index contributed by atoms with van der Waals surface area (Å²) in [5.74, 6) is -2.01. The van der Waals surface area contributed by atoms with Gasteiger partial charge in [0, 0.05) is 18.5 Å². The summed E-state index contributed by atoms with van der Waals surface area (Å²) < 4.78 is 32.3. The first kappa shape index (κ1) is 19.5. The van der Waals surface area contributed by atoms with Gasteiger partial charge in [0.25, 0.3) is 0 Å². The summed E-state index contributed by atoms with van der Waals surface area (Å²) in [5, 5.41) is 2.88. The van der Waals surface area contributed by atoms with Crippen LogP contribution in [0.15, 0.2) is 30.9 Å². The van der Waals surface area contributed by atoms with E-state index in [1.165, 1.54) is 12.1 Å². The number of morpholine rings is 1. The summed E-state index contributed by atoms with van der Waals surface area (Å²) >= 11 is 0. The summed E-state index contributed by atoms with van der Waals surface area (Å²) in [6.45, 7) is 4.63. The first-order chi connectivity index (χ1) is 13.0. The van der Waals surface area contributed by atoms with E-state index in [-0.39, 0.29) is 23.8 Å². The Morgan fingerprint density at radius 2 is 1.93 bits per heavy atom. The van der Waals surface area contributed by atoms with E-state index in [0.717, 1.165) is 25.0 Å². The molecule has 1 saturated carbocycles. The molecular weight excluding hydrogens is 354 g/mol. The van der Waals surface area contributed by atoms with Gasteiger partial charge in [-0.25, -0.2) is 8.78 Å². The number of hydrogen-bond donors (Lipinski definition) is 1. The molecule has 0 spiro atoms. The van der Waals surface area contributed by atoms with Gasteiger partial charge in [0.1, 0.15) is 6.10 Å². The number of nitrogens with zero attached hydrogens (tertiary/aromatic N) is 1. The van der Waals surface area contributed by atoms with Crippen molar-refractivity contribution < 1.29 is 23.1 Å². The van der Waals surface area contributed by atoms with Gasteiger partial charge in [-0.2, -0.15) is 0 Å². The third kappa shape index (κ3) is 4.71. The summed E-state index contributed by atoms with van der Waals surface area (Å²) in [5.41, 5.74) is 0.530. The van der Waals surface area contributed by atoms with E-state index < -0.39 is 17.7 Å². The van der Waals surface area contributed by atoms with Gasteiger partial charge in [-0.3, -0.25) is 9.59 Å². The highest BCUT2D eigenvalue weighted by molar-refractivity contribution is 5.87. The smallest absolute Gasteiger partial charge is 0.243 e. The van der Waals surface area contributed by atoms with E-state index >= 15 is 0 Å². The zero-order valence-electron chi connectivity index (χ0n) is 15.1. The van der Waals surface area contributed by atoms with E-state index in [4.69, 9.17) is 4.74 Å². The van der Waals surface area contributed by atoms with E-state index in [1.807, 2.05) is 0 Å². The lowest BCUT2D eigenvalue weighted by Crippen LogP contribution is -2.46. The lowest BCUT2D eigenvalue weighted by Gasteiger charge is -2.37. The molecule has 2 fully saturated rings. The normalized spacial score (nSPS) is 25.7. The van der Waals surface area contributed by atoms with Crippen LogP contribution in [-0.2, 0) is 14.3 Å². The van der Waals surface area contributed by atoms with Crippen LogP contribution in [0.3, 0.4) is 0 Å². The Labute approximate surface area is 157 Å². The number of nitrogens with one attached hydrogen (secondary N) is 1. The van der Waals surface area contributed by atoms with Crippen molar-refractivity contribution in [3.63, 3.8) is 0 Å². The van der Waals surface area contributed by atoms with Crippen LogP contribution in [0.5, 0.6) is 0 Å². The largest absolute Gasteiger partial charge is 0.370 e. The van der Waals surface area contributed by atoms with Crippen molar-refractivity contribution in [2.45, 2.75) is 37.8 Å². The van der Waals surface area contributed by atoms with Gasteiger partial charge < -0.3 is 15.0 Å². The highest BCUT2D eigenvalue weighted by Crippen LogP contribution is 2.29. The van der Waals surface area contributed by atoms with Gasteiger partial charge in [0.15, 0.2) is 11.6 Å². The molecule has 2 amide bonds. The molecule has 1 atom stereocenters. The van der Waals surface area contributed by atoms with Crippen molar-refractivity contribution in [1.82, 2.24) is 10.2 Å². The van der Waals surface area contributed by atoms with Crippen LogP contribution in [0.1, 0.15) is 37.4 Å². The lowest BCUT2D eigenvalue weighted by molar-refractivity contribution is -0.144. The molecule has 0 bridgehead atoms. The summed E-state index contributed by atoms with van der Waals surface area (Å²) in [7, 11) is 0. The van der Waals surface area contributed by atoms with E-state index in [1.54, 1.807) is 4.90 Å². The number of rotatable bonds is 4. The molecule has 1 saturated heterocycles. The van der Waals surface area contributed by atoms with Gasteiger partial charge in [0.05, 0.1) is 13.2 Å². The molecule has 5 nitrogen and oxygen atoms in total. The Bertz CT molecular complexity index is 717. The zero-order valence-corrected chi connectivity index (χ0v) is 15.1. The maximum Gasteiger partial charge on any atom is 0.243 e. The van der Waals surface area contributed by atoms with E-state index in [2.05, 4.69) is 11.9 Å². The Morgan fingerprint density at radius 3 is 2.59 bits per heavy atom. The zero-order chi connectivity index (χ0) is 19.4. The summed E-state index contributed by atoms with van der Waals surface area (Å²) in [4.78, 5) is 26.0. The number of hydrogen-bond acceptors (Lipinski definition) is 3. The maximum absolute atomic E-state index is 13.5. The van der Waals surface area contributed by atoms with Crippen molar-refractivity contribution in [3.05, 3.63) is 48.1 Å². The number of ether oxygens (including phenoxy) is 1. The Hall–Kier alpha value is -2.28. The van der Waals surface area contributed by atoms with Crippen LogP contribution < -0.4 is 5.32 Å². The fraction of sp³-hybridized carbons (Fsp3) is 0.500. The molecule has 146 valence electrons. The van der Waals surface area contributed by atoms with Crippen molar-refractivity contribution in [3.8, 4) is 0 Å². The lowest BCUT2D eigenvalue weighted by atomic mass is 9.85. The monoisotopic (exact) mass is 378 g/mol. The van der Waals surface area contributed by atoms with Gasteiger partial charge in [0.2, 0.25) is 11.8 Å². The Kier molecular flexibility index (Phi) is 6.21. The minimum atomic E-state index is -0.917. The molecule has 1 aromatic rings. The molecule has 1 aliphatic carbocycles. The second-order valence-electron chi connectivity index (χ2n) is 7.08. The van der Waals surface area contributed by atoms with Crippen LogP contribution in [0.2, 0.25) is 0 Å². The van der Waals surface area contributed by atoms with E-state index in [9.17, 15) is 18.4 Å². The second kappa shape index (κ2) is 8.61. The molecule has 27 heavy (non-hydrogen) atoms. The molecule has 1 aromatic carbocycles. The molecular formula is C20H24F2N2O3. The molecule has 1 aliphatic heterocycles. The van der Waals surface area contributed by atoms with Crippen molar-refractivity contribution in [2.24, 2.45) is 5.92 Å². The minimum absolute atomic E-state index is 0.0689. The number of carbonyl (C=O) groups is 2. The first-order valence-corrected chi connectivity index (χ1v) is 9.26. The predicted molar refractivity (Wildman–Crippen MR) is 95.7 cm³/mol. The van der Waals surface area contributed by atoms with Crippen LogP contribution in [0, 0.1) is 17.6 Å². The fourth-order valence-electron chi connectivity index (χ4n) is 3.77. The first-order valence-electron chi connectivity index (χ1n) is 9.26. The van der Waals surface area contributed by atoms with Crippen LogP contribution >= 0.6 is 0 Å². The standard InChI is InChI=1S/C20H24F2N2O3/c1-2-19(25)23-15-6-3-13(4-7-15)20(26)24-9-10-27-18(12-24)14-5-8-16(21)17(22)11-14/h2,5,8,11,13,15,18H,1,3-4,6-7,9-10,12H2,(H,23,25). The Balaban J connectivity index is 1.56. The number of halogens is 2. The maximum atomic E-state index is 13.5. The number of carbonyl (C=O) groups excluding carboxylic acids is 2. The molecule has 7 heteroatoms. The van der Waals surface area contributed by atoms with Crippen molar-refractivity contribution >= 4 is 11.8 Å². The number of benzene rings is 1. The third-order valence-corrected chi connectivity index (χ3v) is 5.30. The third-order valence-electron chi connectivity index (χ3n) is 5.30. The SMILES string of the molecule is C=CC(=O)NC1CCC(C(=O)N2CCOC(c3ccc(F)c(F)c3)C2)CC1. The molecule has 0 aromatic heterocycles. The minimum Gasteiger partial charge on any atom is -0.370 e. The predicted octanol–water partition coefficient (Wildman–Crippen LogP) is 2.73. The van der Waals surface area contributed by atoms with Crippen molar-refractivity contribution in [2.75, 3.05) is 19.7 Å². The van der Waals surface area contributed by atoms with Gasteiger partial charge in [-0.05, 0) is 49.5 Å². The van der Waals surface area contributed by atoms with Crippen molar-refractivity contribution in [1.29, 1.82) is 0 Å².